The lowest BCUT2D eigenvalue weighted by Gasteiger charge is -2.03. The first-order valence-corrected chi connectivity index (χ1v) is 6.87. The minimum absolute atomic E-state index is 0.00428. The number of benzene rings is 1. The molecule has 0 aliphatic carbocycles. The Balaban J connectivity index is 1.74. The van der Waals surface area contributed by atoms with Gasteiger partial charge in [-0.15, -0.1) is 11.3 Å². The van der Waals surface area contributed by atoms with Gasteiger partial charge in [-0.2, -0.15) is 0 Å². The Bertz CT molecular complexity index is 551. The third kappa shape index (κ3) is 4.44. The lowest BCUT2D eigenvalue weighted by molar-refractivity contribution is -0.121. The van der Waals surface area contributed by atoms with Crippen molar-refractivity contribution < 1.29 is 9.18 Å². The van der Waals surface area contributed by atoms with E-state index in [1.165, 1.54) is 12.1 Å². The zero-order valence-corrected chi connectivity index (χ0v) is 11.5. The molecule has 0 fully saturated rings. The Hall–Kier alpha value is -1.75. The van der Waals surface area contributed by atoms with E-state index in [0.717, 1.165) is 15.4 Å². The molecule has 0 bridgehead atoms. The molecule has 0 aliphatic heterocycles. The van der Waals surface area contributed by atoms with Crippen molar-refractivity contribution in [2.45, 2.75) is 26.3 Å². The van der Waals surface area contributed by atoms with Gasteiger partial charge >= 0.3 is 0 Å². The minimum Gasteiger partial charge on any atom is -0.351 e. The Morgan fingerprint density at radius 3 is 2.74 bits per heavy atom. The second-order valence-corrected chi connectivity index (χ2v) is 5.57. The summed E-state index contributed by atoms with van der Waals surface area (Å²) in [5, 5.41) is 3.85. The number of nitrogens with zero attached hydrogens (tertiary/aromatic N) is 1. The number of halogens is 1. The fourth-order valence-corrected chi connectivity index (χ4v) is 2.40. The summed E-state index contributed by atoms with van der Waals surface area (Å²) in [5.41, 5.74) is 0.963. The van der Waals surface area contributed by atoms with Gasteiger partial charge in [0.25, 0.3) is 0 Å². The van der Waals surface area contributed by atoms with Crippen LogP contribution < -0.4 is 5.32 Å². The molecular weight excluding hydrogens is 263 g/mol. The summed E-state index contributed by atoms with van der Waals surface area (Å²) in [6.45, 7) is 2.46. The number of amides is 1. The fourth-order valence-electron chi connectivity index (χ4n) is 1.67. The molecule has 1 aromatic carbocycles. The largest absolute Gasteiger partial charge is 0.351 e. The van der Waals surface area contributed by atoms with E-state index in [9.17, 15) is 9.18 Å². The molecule has 0 atom stereocenters. The second-order valence-electron chi connectivity index (χ2n) is 4.25. The molecule has 0 radical (unpaired) electrons. The number of rotatable bonds is 5. The molecule has 1 amide bonds. The average molecular weight is 278 g/mol. The molecule has 0 aliphatic rings. The molecule has 0 saturated heterocycles. The standard InChI is InChI=1S/C14H15FN2OS/c1-10-16-8-13(19-10)9-17-14(18)7-4-11-2-5-12(15)6-3-11/h2-3,5-6,8H,4,7,9H2,1H3,(H,17,18). The Morgan fingerprint density at radius 1 is 1.37 bits per heavy atom. The average Bonchev–Trinajstić information content (AvgIpc) is 2.81. The maximum atomic E-state index is 12.7. The van der Waals surface area contributed by atoms with Crippen LogP contribution in [0, 0.1) is 12.7 Å². The number of hydrogen-bond donors (Lipinski definition) is 1. The summed E-state index contributed by atoms with van der Waals surface area (Å²) >= 11 is 1.58. The van der Waals surface area contributed by atoms with E-state index in [4.69, 9.17) is 0 Å². The van der Waals surface area contributed by atoms with E-state index < -0.39 is 0 Å². The van der Waals surface area contributed by atoms with Gasteiger partial charge < -0.3 is 5.32 Å². The van der Waals surface area contributed by atoms with E-state index in [1.54, 1.807) is 29.7 Å². The monoisotopic (exact) mass is 278 g/mol. The number of aryl methyl sites for hydroxylation is 2. The molecule has 100 valence electrons. The first-order valence-electron chi connectivity index (χ1n) is 6.06. The molecule has 2 rings (SSSR count). The van der Waals surface area contributed by atoms with Crippen LogP contribution >= 0.6 is 11.3 Å². The highest BCUT2D eigenvalue weighted by molar-refractivity contribution is 7.11. The van der Waals surface area contributed by atoms with Crippen LogP contribution in [0.15, 0.2) is 30.5 Å². The van der Waals surface area contributed by atoms with Gasteiger partial charge in [0.2, 0.25) is 5.91 Å². The van der Waals surface area contributed by atoms with Crippen molar-refractivity contribution in [3.63, 3.8) is 0 Å². The molecule has 5 heteroatoms. The summed E-state index contributed by atoms with van der Waals surface area (Å²) in [6.07, 6.45) is 2.80. The Labute approximate surface area is 115 Å². The van der Waals surface area contributed by atoms with Gasteiger partial charge in [0, 0.05) is 17.5 Å². The topological polar surface area (TPSA) is 42.0 Å². The predicted molar refractivity (Wildman–Crippen MR) is 73.4 cm³/mol. The van der Waals surface area contributed by atoms with E-state index in [0.29, 0.717) is 19.4 Å². The van der Waals surface area contributed by atoms with Crippen molar-refractivity contribution in [2.75, 3.05) is 0 Å². The van der Waals surface area contributed by atoms with Gasteiger partial charge in [0.15, 0.2) is 0 Å². The van der Waals surface area contributed by atoms with Crippen molar-refractivity contribution in [1.29, 1.82) is 0 Å². The van der Waals surface area contributed by atoms with E-state index in [2.05, 4.69) is 10.3 Å². The van der Waals surface area contributed by atoms with Gasteiger partial charge in [-0.3, -0.25) is 4.79 Å². The number of aromatic nitrogens is 1. The van der Waals surface area contributed by atoms with Crippen molar-refractivity contribution in [3.05, 3.63) is 51.7 Å². The Kier molecular flexibility index (Phi) is 4.63. The van der Waals surface area contributed by atoms with Gasteiger partial charge in [0.05, 0.1) is 11.6 Å². The highest BCUT2D eigenvalue weighted by Gasteiger charge is 2.04. The summed E-state index contributed by atoms with van der Waals surface area (Å²) < 4.78 is 12.7. The minimum atomic E-state index is -0.256. The van der Waals surface area contributed by atoms with E-state index in [1.807, 2.05) is 6.92 Å². The van der Waals surface area contributed by atoms with E-state index >= 15 is 0 Å². The lowest BCUT2D eigenvalue weighted by Crippen LogP contribution is -2.22. The number of hydrogen-bond acceptors (Lipinski definition) is 3. The third-order valence-electron chi connectivity index (χ3n) is 2.68. The van der Waals surface area contributed by atoms with Crippen LogP contribution in [0.4, 0.5) is 4.39 Å². The zero-order valence-electron chi connectivity index (χ0n) is 10.6. The van der Waals surface area contributed by atoms with Crippen LogP contribution in [-0.2, 0) is 17.8 Å². The first kappa shape index (κ1) is 13.7. The number of carbonyl (C=O) groups is 1. The number of thiazole rings is 1. The molecule has 0 unspecified atom stereocenters. The number of carbonyl (C=O) groups excluding carboxylic acids is 1. The smallest absolute Gasteiger partial charge is 0.220 e. The molecule has 1 aromatic heterocycles. The molecule has 19 heavy (non-hydrogen) atoms. The molecule has 0 saturated carbocycles. The predicted octanol–water partition coefficient (Wildman–Crippen LogP) is 2.84. The van der Waals surface area contributed by atoms with Crippen molar-refractivity contribution in [2.24, 2.45) is 0 Å². The molecule has 1 heterocycles. The fraction of sp³-hybridized carbons (Fsp3) is 0.286. The molecule has 2 aromatic rings. The normalized spacial score (nSPS) is 10.4. The summed E-state index contributed by atoms with van der Waals surface area (Å²) in [6, 6.07) is 6.23. The van der Waals surface area contributed by atoms with Gasteiger partial charge in [0.1, 0.15) is 5.82 Å². The molecular formula is C14H15FN2OS. The quantitative estimate of drug-likeness (QED) is 0.913. The van der Waals surface area contributed by atoms with Crippen LogP contribution in [0.1, 0.15) is 21.9 Å². The van der Waals surface area contributed by atoms with Crippen molar-refractivity contribution in [1.82, 2.24) is 10.3 Å². The summed E-state index contributed by atoms with van der Waals surface area (Å²) in [7, 11) is 0. The highest BCUT2D eigenvalue weighted by Crippen LogP contribution is 2.11. The second kappa shape index (κ2) is 6.43. The highest BCUT2D eigenvalue weighted by atomic mass is 32.1. The lowest BCUT2D eigenvalue weighted by atomic mass is 10.1. The van der Waals surface area contributed by atoms with Gasteiger partial charge in [-0.1, -0.05) is 12.1 Å². The van der Waals surface area contributed by atoms with Crippen LogP contribution in [0.2, 0.25) is 0 Å². The van der Waals surface area contributed by atoms with Gasteiger partial charge in [-0.05, 0) is 31.0 Å². The van der Waals surface area contributed by atoms with Crippen LogP contribution in [0.3, 0.4) is 0 Å². The SMILES string of the molecule is Cc1ncc(CNC(=O)CCc2ccc(F)cc2)s1. The van der Waals surface area contributed by atoms with Crippen molar-refractivity contribution in [3.8, 4) is 0 Å². The Morgan fingerprint density at radius 2 is 2.11 bits per heavy atom. The summed E-state index contributed by atoms with van der Waals surface area (Å²) in [4.78, 5) is 16.8. The maximum Gasteiger partial charge on any atom is 0.220 e. The van der Waals surface area contributed by atoms with Gasteiger partial charge in [-0.25, -0.2) is 9.37 Å². The molecule has 1 N–H and O–H groups in total. The maximum absolute atomic E-state index is 12.7. The number of nitrogens with one attached hydrogen (secondary N) is 1. The van der Waals surface area contributed by atoms with Crippen LogP contribution in [0.5, 0.6) is 0 Å². The summed E-state index contributed by atoms with van der Waals surface area (Å²) in [5.74, 6) is -0.260. The van der Waals surface area contributed by atoms with E-state index in [-0.39, 0.29) is 11.7 Å². The third-order valence-corrected chi connectivity index (χ3v) is 3.60. The van der Waals surface area contributed by atoms with Crippen molar-refractivity contribution >= 4 is 17.2 Å². The first-order chi connectivity index (χ1) is 9.13. The zero-order chi connectivity index (χ0) is 13.7. The molecule has 0 spiro atoms. The van der Waals surface area contributed by atoms with Crippen LogP contribution in [-0.4, -0.2) is 10.9 Å². The molecule has 3 nitrogen and oxygen atoms in total. The van der Waals surface area contributed by atoms with Crippen LogP contribution in [0.25, 0.3) is 0 Å².